The van der Waals surface area contributed by atoms with Gasteiger partial charge in [0.25, 0.3) is 0 Å². The third-order valence-electron chi connectivity index (χ3n) is 6.88. The third-order valence-corrected chi connectivity index (χ3v) is 6.88. The van der Waals surface area contributed by atoms with Gasteiger partial charge in [0.15, 0.2) is 5.78 Å². The number of fused-ring (bicyclic) bond motifs is 1. The minimum absolute atomic E-state index is 0.0594. The van der Waals surface area contributed by atoms with E-state index in [0.717, 1.165) is 44.4 Å². The molecule has 0 amide bonds. The largest absolute Gasteiger partial charge is 0.469 e. The fourth-order valence-electron chi connectivity index (χ4n) is 4.92. The van der Waals surface area contributed by atoms with E-state index >= 15 is 0 Å². The molecule has 0 aromatic carbocycles. The average molecular weight is 347 g/mol. The van der Waals surface area contributed by atoms with Gasteiger partial charge in [0.2, 0.25) is 0 Å². The molecule has 0 aliphatic heterocycles. The lowest BCUT2D eigenvalue weighted by molar-refractivity contribution is -0.147. The molecule has 0 N–H and O–H groups in total. The molecule has 4 unspecified atom stereocenters. The van der Waals surface area contributed by atoms with Crippen LogP contribution in [0.5, 0.6) is 0 Å². The summed E-state index contributed by atoms with van der Waals surface area (Å²) in [6.45, 7) is 2.11. The van der Waals surface area contributed by atoms with Crippen molar-refractivity contribution in [1.82, 2.24) is 0 Å². The Bertz CT molecular complexity index is 517. The van der Waals surface area contributed by atoms with E-state index < -0.39 is 0 Å². The molecule has 0 aromatic rings. The van der Waals surface area contributed by atoms with Crippen LogP contribution in [0, 0.1) is 29.6 Å². The van der Waals surface area contributed by atoms with Gasteiger partial charge < -0.3 is 4.74 Å². The van der Waals surface area contributed by atoms with Crippen LogP contribution in [0.25, 0.3) is 0 Å². The minimum atomic E-state index is -0.0688. The molecule has 0 bridgehead atoms. The summed E-state index contributed by atoms with van der Waals surface area (Å²) in [6, 6.07) is 0. The lowest BCUT2D eigenvalue weighted by Crippen LogP contribution is -2.29. The average Bonchev–Trinajstić information content (AvgIpc) is 3.43. The van der Waals surface area contributed by atoms with E-state index in [9.17, 15) is 9.59 Å². The Morgan fingerprint density at radius 2 is 1.88 bits per heavy atom. The molecule has 0 heterocycles. The van der Waals surface area contributed by atoms with Crippen molar-refractivity contribution in [3.8, 4) is 0 Å². The first kappa shape index (κ1) is 18.7. The maximum absolute atomic E-state index is 12.8. The zero-order chi connectivity index (χ0) is 17.8. The highest BCUT2D eigenvalue weighted by Gasteiger charge is 2.39. The van der Waals surface area contributed by atoms with E-state index in [0.29, 0.717) is 11.7 Å². The standard InChI is InChI=1S/C22H34O3/c1-15-17(12-11-16-9-10-16)13-20-18(14-21(15)23)7-5-3-4-6-8-19(20)22(24)25-2/h14-17,19-20H,3-13H2,1-2H3. The van der Waals surface area contributed by atoms with E-state index in [1.165, 1.54) is 44.8 Å². The molecular weight excluding hydrogens is 312 g/mol. The summed E-state index contributed by atoms with van der Waals surface area (Å²) in [5.74, 6) is 1.79. The second-order valence-corrected chi connectivity index (χ2v) is 8.62. The quantitative estimate of drug-likeness (QED) is 0.666. The van der Waals surface area contributed by atoms with Gasteiger partial charge >= 0.3 is 5.97 Å². The Morgan fingerprint density at radius 1 is 1.12 bits per heavy atom. The summed E-state index contributed by atoms with van der Waals surface area (Å²) < 4.78 is 5.16. The fourth-order valence-corrected chi connectivity index (χ4v) is 4.92. The number of carbonyl (C=O) groups is 2. The van der Waals surface area contributed by atoms with E-state index in [-0.39, 0.29) is 23.7 Å². The van der Waals surface area contributed by atoms with Crippen molar-refractivity contribution in [3.05, 3.63) is 11.6 Å². The van der Waals surface area contributed by atoms with Crippen LogP contribution in [0.3, 0.4) is 0 Å². The number of hydrogen-bond acceptors (Lipinski definition) is 3. The maximum atomic E-state index is 12.8. The molecule has 25 heavy (non-hydrogen) atoms. The Kier molecular flexibility index (Phi) is 6.35. The molecule has 2 saturated carbocycles. The summed E-state index contributed by atoms with van der Waals surface area (Å²) >= 11 is 0. The van der Waals surface area contributed by atoms with Crippen molar-refractivity contribution in [2.24, 2.45) is 29.6 Å². The van der Waals surface area contributed by atoms with Crippen LogP contribution in [-0.4, -0.2) is 18.9 Å². The predicted octanol–water partition coefficient (Wildman–Crippen LogP) is 5.09. The summed E-state index contributed by atoms with van der Waals surface area (Å²) in [7, 11) is 1.51. The smallest absolute Gasteiger partial charge is 0.309 e. The molecule has 140 valence electrons. The van der Waals surface area contributed by atoms with E-state index in [1.54, 1.807) is 0 Å². The highest BCUT2D eigenvalue weighted by Crippen LogP contribution is 2.43. The van der Waals surface area contributed by atoms with E-state index in [2.05, 4.69) is 6.92 Å². The Balaban J connectivity index is 1.84. The van der Waals surface area contributed by atoms with E-state index in [4.69, 9.17) is 4.74 Å². The lowest BCUT2D eigenvalue weighted by atomic mass is 9.74. The van der Waals surface area contributed by atoms with Crippen molar-refractivity contribution in [1.29, 1.82) is 0 Å². The molecular formula is C22H34O3. The second kappa shape index (κ2) is 8.51. The number of carbonyl (C=O) groups excluding carboxylic acids is 2. The van der Waals surface area contributed by atoms with Crippen molar-refractivity contribution in [2.75, 3.05) is 7.11 Å². The molecule has 3 rings (SSSR count). The van der Waals surface area contributed by atoms with Gasteiger partial charge in [0.05, 0.1) is 13.0 Å². The van der Waals surface area contributed by atoms with E-state index in [1.807, 2.05) is 6.08 Å². The van der Waals surface area contributed by atoms with Crippen LogP contribution >= 0.6 is 0 Å². The second-order valence-electron chi connectivity index (χ2n) is 8.62. The van der Waals surface area contributed by atoms with Gasteiger partial charge in [-0.05, 0) is 55.9 Å². The van der Waals surface area contributed by atoms with Crippen LogP contribution in [0.1, 0.15) is 77.6 Å². The molecule has 0 aromatic heterocycles. The van der Waals surface area contributed by atoms with Gasteiger partial charge in [0.1, 0.15) is 0 Å². The number of ketones is 1. The van der Waals surface area contributed by atoms with Crippen molar-refractivity contribution in [3.63, 3.8) is 0 Å². The van der Waals surface area contributed by atoms with Gasteiger partial charge in [-0.1, -0.05) is 51.0 Å². The van der Waals surface area contributed by atoms with Crippen molar-refractivity contribution >= 4 is 11.8 Å². The number of rotatable bonds is 4. The van der Waals surface area contributed by atoms with Crippen molar-refractivity contribution < 1.29 is 14.3 Å². The Morgan fingerprint density at radius 3 is 2.60 bits per heavy atom. The van der Waals surface area contributed by atoms with Crippen LogP contribution in [0.2, 0.25) is 0 Å². The number of methoxy groups -OCH3 is 1. The van der Waals surface area contributed by atoms with Gasteiger partial charge in [-0.25, -0.2) is 0 Å². The molecule has 0 radical (unpaired) electrons. The molecule has 0 spiro atoms. The molecule has 3 nitrogen and oxygen atoms in total. The Hall–Kier alpha value is -1.12. The molecule has 4 atom stereocenters. The number of esters is 1. The van der Waals surface area contributed by atoms with Crippen LogP contribution in [0.15, 0.2) is 11.6 Å². The molecule has 3 aliphatic rings. The zero-order valence-electron chi connectivity index (χ0n) is 16.0. The van der Waals surface area contributed by atoms with Crippen LogP contribution < -0.4 is 0 Å². The number of allylic oxidation sites excluding steroid dienone is 2. The van der Waals surface area contributed by atoms with Crippen LogP contribution in [0.4, 0.5) is 0 Å². The Labute approximate surface area is 152 Å². The number of ether oxygens (including phenoxy) is 1. The molecule has 3 aliphatic carbocycles. The first-order valence-electron chi connectivity index (χ1n) is 10.4. The van der Waals surface area contributed by atoms with Crippen molar-refractivity contribution in [2.45, 2.75) is 77.6 Å². The zero-order valence-corrected chi connectivity index (χ0v) is 16.0. The summed E-state index contributed by atoms with van der Waals surface area (Å²) in [5.41, 5.74) is 1.24. The van der Waals surface area contributed by atoms with Gasteiger partial charge in [-0.3, -0.25) is 9.59 Å². The summed E-state index contributed by atoms with van der Waals surface area (Å²) in [4.78, 5) is 25.3. The van der Waals surface area contributed by atoms with Gasteiger partial charge in [0, 0.05) is 5.92 Å². The predicted molar refractivity (Wildman–Crippen MR) is 99.0 cm³/mol. The minimum Gasteiger partial charge on any atom is -0.469 e. The molecule has 2 fully saturated rings. The van der Waals surface area contributed by atoms with Gasteiger partial charge in [-0.15, -0.1) is 0 Å². The first-order chi connectivity index (χ1) is 12.1. The maximum Gasteiger partial charge on any atom is 0.309 e. The lowest BCUT2D eigenvalue weighted by Gasteiger charge is -2.30. The topological polar surface area (TPSA) is 43.4 Å². The third kappa shape index (κ3) is 4.74. The highest BCUT2D eigenvalue weighted by atomic mass is 16.5. The first-order valence-corrected chi connectivity index (χ1v) is 10.4. The summed E-state index contributed by atoms with van der Waals surface area (Å²) in [6.07, 6.45) is 14.6. The summed E-state index contributed by atoms with van der Waals surface area (Å²) in [5, 5.41) is 0. The molecule has 3 heteroatoms. The fraction of sp³-hybridized carbons (Fsp3) is 0.818. The molecule has 0 saturated heterocycles. The normalized spacial score (nSPS) is 34.0. The van der Waals surface area contributed by atoms with Gasteiger partial charge in [-0.2, -0.15) is 0 Å². The van der Waals surface area contributed by atoms with Crippen LogP contribution in [-0.2, 0) is 14.3 Å². The monoisotopic (exact) mass is 346 g/mol. The highest BCUT2D eigenvalue weighted by molar-refractivity contribution is 5.93. The SMILES string of the molecule is COC(=O)C1CCCCCCC2=CC(=O)C(C)C(CCC3CC3)CC21. The number of hydrogen-bond donors (Lipinski definition) is 0.